The normalized spacial score (nSPS) is 19.4. The van der Waals surface area contributed by atoms with Crippen molar-refractivity contribution < 1.29 is 9.52 Å². The number of hydrogen-bond acceptors (Lipinski definition) is 6. The first-order valence-electron chi connectivity index (χ1n) is 7.59. The lowest BCUT2D eigenvalue weighted by atomic mass is 9.96. The maximum atomic E-state index is 9.38. The number of nitrogens with zero attached hydrogens (tertiary/aromatic N) is 3. The maximum absolute atomic E-state index is 9.38. The zero-order valence-corrected chi connectivity index (χ0v) is 12.5. The molecule has 2 N–H and O–H groups in total. The van der Waals surface area contributed by atoms with Gasteiger partial charge in [-0.25, -0.2) is 0 Å². The molecule has 1 atom stereocenters. The standard InChI is InChI=1S/C14H26N4O2/c1-3-13-16-17-14(20-13)9-15-8-12-4-6-18(7-5-12)10-11(2)19/h11-12,15,19H,3-10H2,1-2H3. The Morgan fingerprint density at radius 1 is 1.35 bits per heavy atom. The van der Waals surface area contributed by atoms with Crippen LogP contribution in [0.3, 0.4) is 0 Å². The van der Waals surface area contributed by atoms with Gasteiger partial charge in [0.15, 0.2) is 0 Å². The van der Waals surface area contributed by atoms with Crippen LogP contribution in [0.1, 0.15) is 38.5 Å². The molecule has 0 bridgehead atoms. The Kier molecular flexibility index (Phi) is 5.94. The lowest BCUT2D eigenvalue weighted by Gasteiger charge is -2.32. The zero-order chi connectivity index (χ0) is 14.4. The van der Waals surface area contributed by atoms with Crippen molar-refractivity contribution in [3.8, 4) is 0 Å². The number of aromatic nitrogens is 2. The minimum absolute atomic E-state index is 0.227. The second-order valence-corrected chi connectivity index (χ2v) is 5.67. The Balaban J connectivity index is 1.61. The summed E-state index contributed by atoms with van der Waals surface area (Å²) < 4.78 is 5.46. The number of aliphatic hydroxyl groups excluding tert-OH is 1. The van der Waals surface area contributed by atoms with Gasteiger partial charge in [0.25, 0.3) is 0 Å². The highest BCUT2D eigenvalue weighted by Crippen LogP contribution is 2.16. The lowest BCUT2D eigenvalue weighted by Crippen LogP contribution is -2.40. The molecule has 1 unspecified atom stereocenters. The smallest absolute Gasteiger partial charge is 0.230 e. The van der Waals surface area contributed by atoms with Gasteiger partial charge in [-0.3, -0.25) is 0 Å². The third kappa shape index (κ3) is 4.85. The highest BCUT2D eigenvalue weighted by atomic mass is 16.4. The Labute approximate surface area is 120 Å². The number of aliphatic hydroxyl groups is 1. The minimum atomic E-state index is -0.227. The molecule has 0 saturated carbocycles. The summed E-state index contributed by atoms with van der Waals surface area (Å²) in [5.41, 5.74) is 0. The van der Waals surface area contributed by atoms with Gasteiger partial charge >= 0.3 is 0 Å². The zero-order valence-electron chi connectivity index (χ0n) is 12.5. The monoisotopic (exact) mass is 282 g/mol. The molecular weight excluding hydrogens is 256 g/mol. The van der Waals surface area contributed by atoms with Crippen molar-refractivity contribution >= 4 is 0 Å². The van der Waals surface area contributed by atoms with Crippen LogP contribution >= 0.6 is 0 Å². The molecule has 1 aliphatic heterocycles. The topological polar surface area (TPSA) is 74.4 Å². The van der Waals surface area contributed by atoms with Crippen molar-refractivity contribution in [3.63, 3.8) is 0 Å². The summed E-state index contributed by atoms with van der Waals surface area (Å²) in [7, 11) is 0. The van der Waals surface area contributed by atoms with Crippen LogP contribution in [0.5, 0.6) is 0 Å². The molecule has 1 fully saturated rings. The molecule has 114 valence electrons. The van der Waals surface area contributed by atoms with Gasteiger partial charge in [0, 0.05) is 13.0 Å². The summed E-state index contributed by atoms with van der Waals surface area (Å²) in [6.45, 7) is 8.46. The van der Waals surface area contributed by atoms with Gasteiger partial charge in [-0.05, 0) is 45.3 Å². The molecule has 0 radical (unpaired) electrons. The van der Waals surface area contributed by atoms with E-state index in [1.807, 2.05) is 13.8 Å². The average Bonchev–Trinajstić information content (AvgIpc) is 2.88. The number of likely N-dealkylation sites (tertiary alicyclic amines) is 1. The quantitative estimate of drug-likeness (QED) is 0.771. The second kappa shape index (κ2) is 7.71. The molecule has 20 heavy (non-hydrogen) atoms. The van der Waals surface area contributed by atoms with Gasteiger partial charge in [-0.15, -0.1) is 10.2 Å². The van der Waals surface area contributed by atoms with E-state index >= 15 is 0 Å². The van der Waals surface area contributed by atoms with Crippen molar-refractivity contribution in [1.82, 2.24) is 20.4 Å². The molecule has 6 nitrogen and oxygen atoms in total. The van der Waals surface area contributed by atoms with E-state index in [4.69, 9.17) is 4.42 Å². The fourth-order valence-electron chi connectivity index (χ4n) is 2.63. The van der Waals surface area contributed by atoms with Gasteiger partial charge in [-0.2, -0.15) is 0 Å². The largest absolute Gasteiger partial charge is 0.424 e. The summed E-state index contributed by atoms with van der Waals surface area (Å²) >= 11 is 0. The van der Waals surface area contributed by atoms with E-state index in [0.717, 1.165) is 32.6 Å². The molecule has 1 aliphatic rings. The molecule has 2 heterocycles. The van der Waals surface area contributed by atoms with Crippen LogP contribution in [0, 0.1) is 5.92 Å². The van der Waals surface area contributed by atoms with Crippen LogP contribution in [0.4, 0.5) is 0 Å². The minimum Gasteiger partial charge on any atom is -0.424 e. The van der Waals surface area contributed by atoms with E-state index in [1.54, 1.807) is 0 Å². The van der Waals surface area contributed by atoms with Crippen molar-refractivity contribution in [2.75, 3.05) is 26.2 Å². The molecular formula is C14H26N4O2. The van der Waals surface area contributed by atoms with E-state index < -0.39 is 0 Å². The highest BCUT2D eigenvalue weighted by Gasteiger charge is 2.19. The van der Waals surface area contributed by atoms with E-state index in [-0.39, 0.29) is 6.10 Å². The fourth-order valence-corrected chi connectivity index (χ4v) is 2.63. The number of hydrogen-bond donors (Lipinski definition) is 2. The molecule has 0 aliphatic carbocycles. The van der Waals surface area contributed by atoms with Crippen molar-refractivity contribution in [1.29, 1.82) is 0 Å². The van der Waals surface area contributed by atoms with E-state index in [2.05, 4.69) is 20.4 Å². The van der Waals surface area contributed by atoms with Gasteiger partial charge < -0.3 is 19.7 Å². The number of aryl methyl sites for hydroxylation is 1. The first-order valence-corrected chi connectivity index (χ1v) is 7.59. The molecule has 0 spiro atoms. The third-order valence-electron chi connectivity index (χ3n) is 3.75. The predicted octanol–water partition coefficient (Wildman–Crippen LogP) is 0.814. The second-order valence-electron chi connectivity index (χ2n) is 5.67. The molecule has 1 aromatic rings. The van der Waals surface area contributed by atoms with Crippen LogP contribution in [-0.2, 0) is 13.0 Å². The van der Waals surface area contributed by atoms with Crippen molar-refractivity contribution in [2.45, 2.75) is 45.8 Å². The number of piperidine rings is 1. The average molecular weight is 282 g/mol. The summed E-state index contributed by atoms with van der Waals surface area (Å²) in [5.74, 6) is 2.08. The summed E-state index contributed by atoms with van der Waals surface area (Å²) in [6, 6.07) is 0. The Morgan fingerprint density at radius 3 is 2.65 bits per heavy atom. The van der Waals surface area contributed by atoms with Gasteiger partial charge in [0.2, 0.25) is 11.8 Å². The SMILES string of the molecule is CCc1nnc(CNCC2CCN(CC(C)O)CC2)o1. The van der Waals surface area contributed by atoms with E-state index in [0.29, 0.717) is 24.2 Å². The number of rotatable bonds is 7. The highest BCUT2D eigenvalue weighted by molar-refractivity contribution is 4.81. The van der Waals surface area contributed by atoms with E-state index in [9.17, 15) is 5.11 Å². The molecule has 2 rings (SSSR count). The Morgan fingerprint density at radius 2 is 2.05 bits per heavy atom. The Hall–Kier alpha value is -0.980. The first-order chi connectivity index (χ1) is 9.67. The van der Waals surface area contributed by atoms with Crippen LogP contribution < -0.4 is 5.32 Å². The van der Waals surface area contributed by atoms with Crippen LogP contribution in [0.25, 0.3) is 0 Å². The molecule has 0 amide bonds. The molecule has 6 heteroatoms. The van der Waals surface area contributed by atoms with Crippen molar-refractivity contribution in [3.05, 3.63) is 11.8 Å². The third-order valence-corrected chi connectivity index (χ3v) is 3.75. The summed E-state index contributed by atoms with van der Waals surface area (Å²) in [6.07, 6.45) is 2.93. The van der Waals surface area contributed by atoms with Gasteiger partial charge in [0.05, 0.1) is 12.6 Å². The predicted molar refractivity (Wildman–Crippen MR) is 76.2 cm³/mol. The van der Waals surface area contributed by atoms with Crippen LogP contribution in [0.2, 0.25) is 0 Å². The molecule has 1 aromatic heterocycles. The van der Waals surface area contributed by atoms with Gasteiger partial charge in [0.1, 0.15) is 0 Å². The van der Waals surface area contributed by atoms with Crippen molar-refractivity contribution in [2.24, 2.45) is 5.92 Å². The fraction of sp³-hybridized carbons (Fsp3) is 0.857. The van der Waals surface area contributed by atoms with Crippen LogP contribution in [-0.4, -0.2) is 52.5 Å². The molecule has 0 aromatic carbocycles. The molecule has 1 saturated heterocycles. The number of nitrogens with one attached hydrogen (secondary N) is 1. The summed E-state index contributed by atoms with van der Waals surface area (Å²) in [4.78, 5) is 2.34. The first kappa shape index (κ1) is 15.4. The van der Waals surface area contributed by atoms with E-state index in [1.165, 1.54) is 12.8 Å². The Bertz CT molecular complexity index is 386. The lowest BCUT2D eigenvalue weighted by molar-refractivity contribution is 0.0997. The number of β-amino-alcohol motifs (C(OH)–C–C–N with tert-alkyl or cyclic N) is 1. The summed E-state index contributed by atoms with van der Waals surface area (Å²) in [5, 5.41) is 20.7. The maximum Gasteiger partial charge on any atom is 0.230 e. The van der Waals surface area contributed by atoms with Crippen LogP contribution in [0.15, 0.2) is 4.42 Å². The van der Waals surface area contributed by atoms with Gasteiger partial charge in [-0.1, -0.05) is 6.92 Å².